The highest BCUT2D eigenvalue weighted by molar-refractivity contribution is 5.14. The summed E-state index contributed by atoms with van der Waals surface area (Å²) in [6, 6.07) is 2.12. The number of nitrogens with zero attached hydrogens (tertiary/aromatic N) is 2. The lowest BCUT2D eigenvalue weighted by molar-refractivity contribution is 0.356. The Hall–Kier alpha value is -1.30. The van der Waals surface area contributed by atoms with Crippen LogP contribution in [0.1, 0.15) is 55.4 Å². The molecule has 1 aromatic rings. The number of aryl methyl sites for hydroxylation is 1. The monoisotopic (exact) mass is 204 g/mol. The molecule has 1 aromatic heterocycles. The predicted octanol–water partition coefficient (Wildman–Crippen LogP) is 3.10. The summed E-state index contributed by atoms with van der Waals surface area (Å²) < 4.78 is 5.64. The van der Waals surface area contributed by atoms with E-state index in [1.54, 1.807) is 0 Å². The molecule has 1 heterocycles. The van der Waals surface area contributed by atoms with Crippen LogP contribution < -0.4 is 0 Å². The van der Waals surface area contributed by atoms with E-state index in [0.717, 1.165) is 17.3 Å². The number of rotatable bonds is 2. The van der Waals surface area contributed by atoms with Crippen LogP contribution in [0.4, 0.5) is 0 Å². The lowest BCUT2D eigenvalue weighted by Crippen LogP contribution is -2.04. The molecule has 0 amide bonds. The Kier molecular flexibility index (Phi) is 3.05. The van der Waals surface area contributed by atoms with Crippen molar-refractivity contribution < 1.29 is 4.42 Å². The number of aromatic nitrogens is 1. The maximum Gasteiger partial charge on any atom is 0.197 e. The normalized spacial score (nSPS) is 17.6. The molecule has 0 unspecified atom stereocenters. The van der Waals surface area contributed by atoms with Crippen LogP contribution in [0.25, 0.3) is 0 Å². The first-order valence-corrected chi connectivity index (χ1v) is 5.64. The van der Waals surface area contributed by atoms with Crippen molar-refractivity contribution >= 4 is 0 Å². The molecule has 1 aliphatic carbocycles. The van der Waals surface area contributed by atoms with Gasteiger partial charge in [-0.2, -0.15) is 5.26 Å². The van der Waals surface area contributed by atoms with Crippen molar-refractivity contribution in [1.29, 1.82) is 5.26 Å². The van der Waals surface area contributed by atoms with Gasteiger partial charge in [-0.3, -0.25) is 0 Å². The van der Waals surface area contributed by atoms with E-state index in [9.17, 15) is 0 Å². The summed E-state index contributed by atoms with van der Waals surface area (Å²) in [7, 11) is 0. The van der Waals surface area contributed by atoms with Gasteiger partial charge in [0.25, 0.3) is 0 Å². The molecule has 15 heavy (non-hydrogen) atoms. The van der Waals surface area contributed by atoms with E-state index < -0.39 is 0 Å². The summed E-state index contributed by atoms with van der Waals surface area (Å²) in [5.41, 5.74) is 0.818. The molecule has 0 bridgehead atoms. The Bertz CT molecular complexity index is 369. The second-order valence-electron chi connectivity index (χ2n) is 4.22. The molecule has 0 radical (unpaired) electrons. The van der Waals surface area contributed by atoms with Crippen LogP contribution in [0.15, 0.2) is 4.42 Å². The number of hydrogen-bond acceptors (Lipinski definition) is 3. The van der Waals surface area contributed by atoms with Crippen LogP contribution in [0.5, 0.6) is 0 Å². The Morgan fingerprint density at radius 2 is 2.13 bits per heavy atom. The third kappa shape index (κ3) is 2.20. The molecule has 3 nitrogen and oxygen atoms in total. The summed E-state index contributed by atoms with van der Waals surface area (Å²) in [6.07, 6.45) is 6.63. The van der Waals surface area contributed by atoms with Crippen LogP contribution in [-0.2, 0) is 6.42 Å². The fourth-order valence-corrected chi connectivity index (χ4v) is 2.21. The van der Waals surface area contributed by atoms with Crippen molar-refractivity contribution in [3.05, 3.63) is 17.3 Å². The van der Waals surface area contributed by atoms with Gasteiger partial charge in [-0.1, -0.05) is 19.3 Å². The maximum atomic E-state index is 8.63. The highest BCUT2D eigenvalue weighted by atomic mass is 16.4. The smallest absolute Gasteiger partial charge is 0.197 e. The molecular formula is C12H16N2O. The highest BCUT2D eigenvalue weighted by Crippen LogP contribution is 2.32. The van der Waals surface area contributed by atoms with Gasteiger partial charge in [0.05, 0.1) is 18.2 Å². The highest BCUT2D eigenvalue weighted by Gasteiger charge is 2.21. The van der Waals surface area contributed by atoms with Crippen LogP contribution in [0.2, 0.25) is 0 Å². The van der Waals surface area contributed by atoms with Crippen LogP contribution in [0.3, 0.4) is 0 Å². The molecule has 0 saturated heterocycles. The van der Waals surface area contributed by atoms with Crippen molar-refractivity contribution in [2.24, 2.45) is 0 Å². The summed E-state index contributed by atoms with van der Waals surface area (Å²) in [5, 5.41) is 8.63. The van der Waals surface area contributed by atoms with Gasteiger partial charge >= 0.3 is 0 Å². The van der Waals surface area contributed by atoms with Crippen LogP contribution >= 0.6 is 0 Å². The SMILES string of the molecule is Cc1oc(C2CCCCC2)nc1CC#N. The standard InChI is InChI=1S/C12H16N2O/c1-9-11(7-8-13)14-12(15-9)10-5-3-2-4-6-10/h10H,2-7H2,1H3. The zero-order valence-corrected chi connectivity index (χ0v) is 9.12. The first kappa shape index (κ1) is 10.2. The topological polar surface area (TPSA) is 49.8 Å². The molecular weight excluding hydrogens is 188 g/mol. The second kappa shape index (κ2) is 4.48. The van der Waals surface area contributed by atoms with Gasteiger partial charge in [-0.05, 0) is 19.8 Å². The first-order chi connectivity index (χ1) is 7.31. The third-order valence-corrected chi connectivity index (χ3v) is 3.11. The molecule has 0 atom stereocenters. The van der Waals surface area contributed by atoms with Gasteiger partial charge in [0.15, 0.2) is 5.89 Å². The van der Waals surface area contributed by atoms with Gasteiger partial charge in [0, 0.05) is 5.92 Å². The molecule has 3 heteroatoms. The average Bonchev–Trinajstić information content (AvgIpc) is 2.63. The predicted molar refractivity (Wildman–Crippen MR) is 56.4 cm³/mol. The number of oxazole rings is 1. The molecule has 0 aliphatic heterocycles. The van der Waals surface area contributed by atoms with E-state index in [0.29, 0.717) is 12.3 Å². The molecule has 0 spiro atoms. The summed E-state index contributed by atoms with van der Waals surface area (Å²) in [6.45, 7) is 1.89. The van der Waals surface area contributed by atoms with Crippen LogP contribution in [-0.4, -0.2) is 4.98 Å². The van der Waals surface area contributed by atoms with Crippen molar-refractivity contribution in [2.75, 3.05) is 0 Å². The Balaban J connectivity index is 2.14. The minimum atomic E-state index is 0.363. The molecule has 1 fully saturated rings. The zero-order chi connectivity index (χ0) is 10.7. The Morgan fingerprint density at radius 3 is 2.80 bits per heavy atom. The van der Waals surface area contributed by atoms with E-state index >= 15 is 0 Å². The molecule has 2 rings (SSSR count). The Labute approximate surface area is 90.1 Å². The molecule has 1 aliphatic rings. The quantitative estimate of drug-likeness (QED) is 0.743. The fourth-order valence-electron chi connectivity index (χ4n) is 2.21. The third-order valence-electron chi connectivity index (χ3n) is 3.11. The van der Waals surface area contributed by atoms with Crippen molar-refractivity contribution in [1.82, 2.24) is 4.98 Å². The lowest BCUT2D eigenvalue weighted by atomic mass is 9.89. The fraction of sp³-hybridized carbons (Fsp3) is 0.667. The number of nitriles is 1. The minimum Gasteiger partial charge on any atom is -0.445 e. The van der Waals surface area contributed by atoms with Crippen LogP contribution in [0, 0.1) is 18.3 Å². The Morgan fingerprint density at radius 1 is 1.40 bits per heavy atom. The first-order valence-electron chi connectivity index (χ1n) is 5.64. The van der Waals surface area contributed by atoms with Gasteiger partial charge in [0.1, 0.15) is 5.76 Å². The summed E-state index contributed by atoms with van der Waals surface area (Å²) in [5.74, 6) is 2.17. The average molecular weight is 204 g/mol. The number of hydrogen-bond donors (Lipinski definition) is 0. The van der Waals surface area contributed by atoms with Crippen molar-refractivity contribution in [2.45, 2.75) is 51.4 Å². The lowest BCUT2D eigenvalue weighted by Gasteiger charge is -2.17. The second-order valence-corrected chi connectivity index (χ2v) is 4.22. The maximum absolute atomic E-state index is 8.63. The van der Waals surface area contributed by atoms with Gasteiger partial charge < -0.3 is 4.42 Å². The van der Waals surface area contributed by atoms with Gasteiger partial charge in [0.2, 0.25) is 0 Å². The summed E-state index contributed by atoms with van der Waals surface area (Å²) >= 11 is 0. The molecule has 80 valence electrons. The zero-order valence-electron chi connectivity index (χ0n) is 9.12. The van der Waals surface area contributed by atoms with E-state index in [2.05, 4.69) is 11.1 Å². The van der Waals surface area contributed by atoms with Crippen molar-refractivity contribution in [3.63, 3.8) is 0 Å². The van der Waals surface area contributed by atoms with E-state index in [1.165, 1.54) is 32.1 Å². The van der Waals surface area contributed by atoms with E-state index in [-0.39, 0.29) is 0 Å². The van der Waals surface area contributed by atoms with Gasteiger partial charge in [-0.15, -0.1) is 0 Å². The van der Waals surface area contributed by atoms with E-state index in [4.69, 9.17) is 9.68 Å². The molecule has 0 aromatic carbocycles. The van der Waals surface area contributed by atoms with Crippen molar-refractivity contribution in [3.8, 4) is 6.07 Å². The largest absolute Gasteiger partial charge is 0.445 e. The van der Waals surface area contributed by atoms with Gasteiger partial charge in [-0.25, -0.2) is 4.98 Å². The molecule has 0 N–H and O–H groups in total. The minimum absolute atomic E-state index is 0.363. The van der Waals surface area contributed by atoms with E-state index in [1.807, 2.05) is 6.92 Å². The summed E-state index contributed by atoms with van der Waals surface area (Å²) in [4.78, 5) is 4.43. The molecule has 1 saturated carbocycles.